The third-order valence-corrected chi connectivity index (χ3v) is 5.13. The predicted octanol–water partition coefficient (Wildman–Crippen LogP) is 4.03. The minimum atomic E-state index is -4.20. The first kappa shape index (κ1) is 16.5. The summed E-state index contributed by atoms with van der Waals surface area (Å²) >= 11 is 1.64. The molecule has 0 spiro atoms. The number of hydrogen-bond acceptors (Lipinski definition) is 3. The van der Waals surface area contributed by atoms with Crippen molar-refractivity contribution in [2.45, 2.75) is 44.9 Å². The molecular weight excluding hydrogens is 297 g/mol. The van der Waals surface area contributed by atoms with Crippen LogP contribution in [0.1, 0.15) is 36.2 Å². The molecule has 1 aliphatic heterocycles. The first-order valence-corrected chi connectivity index (χ1v) is 8.02. The van der Waals surface area contributed by atoms with Gasteiger partial charge in [-0.15, -0.1) is 11.3 Å². The van der Waals surface area contributed by atoms with Crippen molar-refractivity contribution < 1.29 is 13.2 Å². The molecule has 0 radical (unpaired) electrons. The molecule has 0 aromatic carbocycles. The van der Waals surface area contributed by atoms with Crippen LogP contribution in [0.25, 0.3) is 0 Å². The summed E-state index contributed by atoms with van der Waals surface area (Å²) in [4.78, 5) is 3.25. The molecule has 0 amide bonds. The average Bonchev–Trinajstić information content (AvgIpc) is 2.85. The minimum Gasteiger partial charge on any atom is -0.326 e. The van der Waals surface area contributed by atoms with Crippen LogP contribution in [-0.2, 0) is 0 Å². The Bertz CT molecular complexity index is 507. The van der Waals surface area contributed by atoms with E-state index in [1.165, 1.54) is 16.5 Å². The van der Waals surface area contributed by atoms with Gasteiger partial charge in [-0.1, -0.05) is 13.0 Å². The molecule has 0 fully saturated rings. The van der Waals surface area contributed by atoms with Crippen LogP contribution in [0.3, 0.4) is 0 Å². The topological polar surface area (TPSA) is 29.3 Å². The first-order chi connectivity index (χ1) is 9.84. The standard InChI is InChI=1S/C15H21F3N2S/c1-3-12(19)13(14-10(2)6-9-21-14)20-7-4-11(5-8-20)15(16,17)18/h4,6,9,12-13H,3,5,7-8,19H2,1-2H3. The van der Waals surface area contributed by atoms with E-state index in [4.69, 9.17) is 5.73 Å². The van der Waals surface area contributed by atoms with E-state index in [0.717, 1.165) is 6.42 Å². The molecule has 0 bridgehead atoms. The molecule has 1 aliphatic rings. The highest BCUT2D eigenvalue weighted by atomic mass is 32.1. The van der Waals surface area contributed by atoms with Gasteiger partial charge in [-0.3, -0.25) is 4.90 Å². The molecule has 0 aliphatic carbocycles. The molecular formula is C15H21F3N2S. The second-order valence-electron chi connectivity index (χ2n) is 5.46. The largest absolute Gasteiger partial charge is 0.412 e. The van der Waals surface area contributed by atoms with Gasteiger partial charge in [0.15, 0.2) is 0 Å². The molecule has 2 heterocycles. The van der Waals surface area contributed by atoms with Crippen LogP contribution >= 0.6 is 11.3 Å². The van der Waals surface area contributed by atoms with E-state index in [-0.39, 0.29) is 18.5 Å². The van der Waals surface area contributed by atoms with Gasteiger partial charge in [-0.05, 0) is 36.8 Å². The maximum absolute atomic E-state index is 12.7. The van der Waals surface area contributed by atoms with Crippen molar-refractivity contribution >= 4 is 11.3 Å². The van der Waals surface area contributed by atoms with Crippen LogP contribution in [0.2, 0.25) is 0 Å². The number of halogens is 3. The number of thiophene rings is 1. The number of rotatable bonds is 4. The summed E-state index contributed by atoms with van der Waals surface area (Å²) in [5.74, 6) is 0. The van der Waals surface area contributed by atoms with Gasteiger partial charge in [-0.2, -0.15) is 13.2 Å². The molecule has 2 nitrogen and oxygen atoms in total. The van der Waals surface area contributed by atoms with Crippen molar-refractivity contribution in [2.75, 3.05) is 13.1 Å². The maximum atomic E-state index is 12.7. The third kappa shape index (κ3) is 3.67. The summed E-state index contributed by atoms with van der Waals surface area (Å²) in [6, 6.07) is 1.97. The highest BCUT2D eigenvalue weighted by Crippen LogP contribution is 2.36. The van der Waals surface area contributed by atoms with Crippen LogP contribution in [0.5, 0.6) is 0 Å². The lowest BCUT2D eigenvalue weighted by Crippen LogP contribution is -2.43. The summed E-state index contributed by atoms with van der Waals surface area (Å²) in [7, 11) is 0. The van der Waals surface area contributed by atoms with E-state index >= 15 is 0 Å². The lowest BCUT2D eigenvalue weighted by atomic mass is 9.97. The van der Waals surface area contributed by atoms with Gasteiger partial charge in [-0.25, -0.2) is 0 Å². The van der Waals surface area contributed by atoms with Gasteiger partial charge >= 0.3 is 6.18 Å². The van der Waals surface area contributed by atoms with Gasteiger partial charge in [0.05, 0.1) is 6.04 Å². The van der Waals surface area contributed by atoms with Crippen molar-refractivity contribution in [3.63, 3.8) is 0 Å². The van der Waals surface area contributed by atoms with E-state index < -0.39 is 11.7 Å². The summed E-state index contributed by atoms with van der Waals surface area (Å²) in [6.07, 6.45) is -2.05. The highest BCUT2D eigenvalue weighted by Gasteiger charge is 2.37. The maximum Gasteiger partial charge on any atom is 0.412 e. The van der Waals surface area contributed by atoms with Crippen molar-refractivity contribution in [3.05, 3.63) is 33.5 Å². The summed E-state index contributed by atoms with van der Waals surface area (Å²) in [5, 5.41) is 2.01. The summed E-state index contributed by atoms with van der Waals surface area (Å²) in [5.41, 5.74) is 7.01. The van der Waals surface area contributed by atoms with E-state index in [1.54, 1.807) is 11.3 Å². The van der Waals surface area contributed by atoms with Crippen molar-refractivity contribution in [2.24, 2.45) is 5.73 Å². The van der Waals surface area contributed by atoms with Gasteiger partial charge < -0.3 is 5.73 Å². The zero-order chi connectivity index (χ0) is 15.6. The van der Waals surface area contributed by atoms with E-state index in [2.05, 4.69) is 4.90 Å². The fraction of sp³-hybridized carbons (Fsp3) is 0.600. The average molecular weight is 318 g/mol. The smallest absolute Gasteiger partial charge is 0.326 e. The lowest BCUT2D eigenvalue weighted by molar-refractivity contribution is -0.0965. The zero-order valence-electron chi connectivity index (χ0n) is 12.3. The Kier molecular flexibility index (Phi) is 5.11. The number of aryl methyl sites for hydroxylation is 1. The fourth-order valence-electron chi connectivity index (χ4n) is 2.74. The Balaban J connectivity index is 2.21. The van der Waals surface area contributed by atoms with E-state index in [9.17, 15) is 13.2 Å². The molecule has 118 valence electrons. The number of nitrogens with zero attached hydrogens (tertiary/aromatic N) is 1. The molecule has 0 saturated heterocycles. The Morgan fingerprint density at radius 2 is 2.14 bits per heavy atom. The van der Waals surface area contributed by atoms with Crippen LogP contribution in [0.4, 0.5) is 13.2 Å². The molecule has 1 aromatic heterocycles. The van der Waals surface area contributed by atoms with Gasteiger partial charge in [0.2, 0.25) is 0 Å². The summed E-state index contributed by atoms with van der Waals surface area (Å²) < 4.78 is 38.2. The van der Waals surface area contributed by atoms with Crippen molar-refractivity contribution in [1.82, 2.24) is 4.90 Å². The Morgan fingerprint density at radius 3 is 2.57 bits per heavy atom. The molecule has 2 rings (SSSR count). The molecule has 1 aromatic rings. The lowest BCUT2D eigenvalue weighted by Gasteiger charge is -2.37. The van der Waals surface area contributed by atoms with E-state index in [0.29, 0.717) is 13.1 Å². The third-order valence-electron chi connectivity index (χ3n) is 4.05. The Morgan fingerprint density at radius 1 is 1.43 bits per heavy atom. The molecule has 6 heteroatoms. The first-order valence-electron chi connectivity index (χ1n) is 7.14. The van der Waals surface area contributed by atoms with Gasteiger partial charge in [0.1, 0.15) is 0 Å². The minimum absolute atomic E-state index is 0.000957. The molecule has 2 N–H and O–H groups in total. The van der Waals surface area contributed by atoms with Crippen molar-refractivity contribution in [3.8, 4) is 0 Å². The predicted molar refractivity (Wildman–Crippen MR) is 80.4 cm³/mol. The monoisotopic (exact) mass is 318 g/mol. The normalized spacial score (nSPS) is 20.2. The van der Waals surface area contributed by atoms with Crippen LogP contribution in [0, 0.1) is 6.92 Å². The highest BCUT2D eigenvalue weighted by molar-refractivity contribution is 7.10. The van der Waals surface area contributed by atoms with Crippen LogP contribution in [0.15, 0.2) is 23.1 Å². The molecule has 2 atom stereocenters. The second kappa shape index (κ2) is 6.50. The Hall–Kier alpha value is -0.850. The fourth-order valence-corrected chi connectivity index (χ4v) is 3.87. The quantitative estimate of drug-likeness (QED) is 0.849. The molecule has 2 unspecified atom stereocenters. The number of hydrogen-bond donors (Lipinski definition) is 1. The van der Waals surface area contributed by atoms with E-state index in [1.807, 2.05) is 25.3 Å². The Labute approximate surface area is 127 Å². The number of nitrogens with two attached hydrogens (primary N) is 1. The zero-order valence-corrected chi connectivity index (χ0v) is 13.1. The van der Waals surface area contributed by atoms with Crippen LogP contribution < -0.4 is 5.73 Å². The molecule has 21 heavy (non-hydrogen) atoms. The van der Waals surface area contributed by atoms with Crippen LogP contribution in [-0.4, -0.2) is 30.2 Å². The molecule has 0 saturated carbocycles. The van der Waals surface area contributed by atoms with Crippen molar-refractivity contribution in [1.29, 1.82) is 0 Å². The van der Waals surface area contributed by atoms with Gasteiger partial charge in [0.25, 0.3) is 0 Å². The summed E-state index contributed by atoms with van der Waals surface area (Å²) in [6.45, 7) is 4.76. The SMILES string of the molecule is CCC(N)C(c1sccc1C)N1CC=C(C(F)(F)F)CC1. The second-order valence-corrected chi connectivity index (χ2v) is 6.40. The van der Waals surface area contributed by atoms with Gasteiger partial charge in [0, 0.05) is 29.6 Å². The number of alkyl halides is 3.